The van der Waals surface area contributed by atoms with Crippen molar-refractivity contribution < 1.29 is 13.5 Å². The van der Waals surface area contributed by atoms with Gasteiger partial charge < -0.3 is 10.0 Å². The Morgan fingerprint density at radius 2 is 1.90 bits per heavy atom. The summed E-state index contributed by atoms with van der Waals surface area (Å²) in [6, 6.07) is 6.50. The zero-order valence-corrected chi connectivity index (χ0v) is 13.4. The lowest BCUT2D eigenvalue weighted by Crippen LogP contribution is -2.38. The van der Waals surface area contributed by atoms with E-state index < -0.39 is 10.0 Å². The van der Waals surface area contributed by atoms with Crippen LogP contribution in [0.2, 0.25) is 0 Å². The lowest BCUT2D eigenvalue weighted by atomic mass is 10.2. The van der Waals surface area contributed by atoms with Gasteiger partial charge in [0.1, 0.15) is 0 Å². The maximum absolute atomic E-state index is 12.1. The third-order valence-corrected chi connectivity index (χ3v) is 4.52. The minimum absolute atomic E-state index is 0.0213. The molecule has 0 spiro atoms. The summed E-state index contributed by atoms with van der Waals surface area (Å²) in [5.74, 6) is 5.65. The summed E-state index contributed by atoms with van der Waals surface area (Å²) in [6.07, 6.45) is 0.407. The molecule has 0 saturated heterocycles. The Balaban J connectivity index is 2.74. The molecule has 0 heterocycles. The molecule has 1 unspecified atom stereocenters. The molecule has 0 fully saturated rings. The van der Waals surface area contributed by atoms with E-state index >= 15 is 0 Å². The minimum Gasteiger partial charge on any atom is -0.395 e. The van der Waals surface area contributed by atoms with Gasteiger partial charge in [-0.25, -0.2) is 13.1 Å². The van der Waals surface area contributed by atoms with Crippen molar-refractivity contribution in [1.29, 1.82) is 0 Å². The van der Waals surface area contributed by atoms with Gasteiger partial charge in [0.15, 0.2) is 0 Å². The zero-order chi connectivity index (χ0) is 15.9. The quantitative estimate of drug-likeness (QED) is 0.757. The zero-order valence-electron chi connectivity index (χ0n) is 12.6. The molecule has 2 N–H and O–H groups in total. The van der Waals surface area contributed by atoms with Gasteiger partial charge in [0, 0.05) is 24.6 Å². The molecular formula is C15H22N2O3S. The van der Waals surface area contributed by atoms with Crippen LogP contribution in [-0.2, 0) is 10.0 Å². The van der Waals surface area contributed by atoms with E-state index in [-0.39, 0.29) is 17.5 Å². The smallest absolute Gasteiger partial charge is 0.240 e. The third-order valence-electron chi connectivity index (χ3n) is 3.08. The number of nitrogens with zero attached hydrogens (tertiary/aromatic N) is 1. The number of aliphatic hydroxyl groups excluding tert-OH is 1. The second-order valence-electron chi connectivity index (χ2n) is 4.96. The second kappa shape index (κ2) is 8.15. The standard InChI is InChI=1S/C15H22N2O3S/c1-13(17(2)3)12-16-21(19,20)15-9-7-14(8-10-15)6-4-5-11-18/h7-10,13,16,18H,5,11-12H2,1-3H3. The second-order valence-corrected chi connectivity index (χ2v) is 6.73. The van der Waals surface area contributed by atoms with Gasteiger partial charge in [0.05, 0.1) is 11.5 Å². The predicted octanol–water partition coefficient (Wildman–Crippen LogP) is 0.649. The number of hydrogen-bond acceptors (Lipinski definition) is 4. The highest BCUT2D eigenvalue weighted by Crippen LogP contribution is 2.10. The summed E-state index contributed by atoms with van der Waals surface area (Å²) in [5, 5.41) is 8.64. The van der Waals surface area contributed by atoms with Gasteiger partial charge in [-0.3, -0.25) is 0 Å². The molecule has 0 aromatic heterocycles. The largest absolute Gasteiger partial charge is 0.395 e. The number of rotatable bonds is 6. The number of aliphatic hydroxyl groups is 1. The fraction of sp³-hybridized carbons (Fsp3) is 0.467. The fourth-order valence-electron chi connectivity index (χ4n) is 1.43. The summed E-state index contributed by atoms with van der Waals surface area (Å²) >= 11 is 0. The molecule has 0 radical (unpaired) electrons. The highest BCUT2D eigenvalue weighted by atomic mass is 32.2. The van der Waals surface area contributed by atoms with Crippen molar-refractivity contribution in [2.24, 2.45) is 0 Å². The van der Waals surface area contributed by atoms with Crippen LogP contribution >= 0.6 is 0 Å². The fourth-order valence-corrected chi connectivity index (χ4v) is 2.56. The van der Waals surface area contributed by atoms with Crippen molar-refractivity contribution in [3.63, 3.8) is 0 Å². The first-order chi connectivity index (χ1) is 9.86. The van der Waals surface area contributed by atoms with Gasteiger partial charge in [-0.05, 0) is 45.3 Å². The van der Waals surface area contributed by atoms with Gasteiger partial charge in [0.2, 0.25) is 10.0 Å². The molecule has 0 aliphatic carbocycles. The van der Waals surface area contributed by atoms with Crippen molar-refractivity contribution >= 4 is 10.0 Å². The van der Waals surface area contributed by atoms with Crippen LogP contribution in [0.15, 0.2) is 29.2 Å². The molecule has 0 saturated carbocycles. The first-order valence-electron chi connectivity index (χ1n) is 6.72. The Morgan fingerprint density at radius 3 is 2.43 bits per heavy atom. The maximum Gasteiger partial charge on any atom is 0.240 e. The van der Waals surface area contributed by atoms with Gasteiger partial charge in [-0.1, -0.05) is 11.8 Å². The van der Waals surface area contributed by atoms with Gasteiger partial charge >= 0.3 is 0 Å². The number of benzene rings is 1. The molecule has 0 aliphatic heterocycles. The van der Waals surface area contributed by atoms with Crippen molar-refractivity contribution in [2.45, 2.75) is 24.3 Å². The van der Waals surface area contributed by atoms with Gasteiger partial charge in [0.25, 0.3) is 0 Å². The van der Waals surface area contributed by atoms with Crippen molar-refractivity contribution in [2.75, 3.05) is 27.2 Å². The topological polar surface area (TPSA) is 69.6 Å². The lowest BCUT2D eigenvalue weighted by Gasteiger charge is -2.19. The SMILES string of the molecule is CC(CNS(=O)(=O)c1ccc(C#CCCO)cc1)N(C)C. The van der Waals surface area contributed by atoms with Crippen LogP contribution in [0.3, 0.4) is 0 Å². The molecule has 116 valence electrons. The summed E-state index contributed by atoms with van der Waals surface area (Å²) < 4.78 is 26.9. The average Bonchev–Trinajstić information content (AvgIpc) is 2.45. The highest BCUT2D eigenvalue weighted by molar-refractivity contribution is 7.89. The molecule has 21 heavy (non-hydrogen) atoms. The summed E-state index contributed by atoms with van der Waals surface area (Å²) in [5.41, 5.74) is 0.726. The maximum atomic E-state index is 12.1. The Morgan fingerprint density at radius 1 is 1.29 bits per heavy atom. The molecule has 0 aliphatic rings. The lowest BCUT2D eigenvalue weighted by molar-refractivity contribution is 0.305. The molecule has 1 atom stereocenters. The van der Waals surface area contributed by atoms with Crippen LogP contribution < -0.4 is 4.72 Å². The number of hydrogen-bond donors (Lipinski definition) is 2. The molecule has 1 aromatic carbocycles. The third kappa shape index (κ3) is 5.86. The molecule has 1 rings (SSSR count). The van der Waals surface area contributed by atoms with E-state index in [4.69, 9.17) is 5.11 Å². The molecular weight excluding hydrogens is 288 g/mol. The first kappa shape index (κ1) is 17.7. The van der Waals surface area contributed by atoms with E-state index in [1.165, 1.54) is 12.1 Å². The Labute approximate surface area is 127 Å². The number of likely N-dealkylation sites (N-methyl/N-ethyl adjacent to an activating group) is 1. The van der Waals surface area contributed by atoms with Crippen molar-refractivity contribution in [3.8, 4) is 11.8 Å². The predicted molar refractivity (Wildman–Crippen MR) is 83.4 cm³/mol. The molecule has 0 amide bonds. The molecule has 5 nitrogen and oxygen atoms in total. The molecule has 6 heteroatoms. The van der Waals surface area contributed by atoms with Gasteiger partial charge in [-0.15, -0.1) is 0 Å². The van der Waals surface area contributed by atoms with Crippen molar-refractivity contribution in [3.05, 3.63) is 29.8 Å². The summed E-state index contributed by atoms with van der Waals surface area (Å²) in [7, 11) is 0.308. The van der Waals surface area contributed by atoms with Crippen molar-refractivity contribution in [1.82, 2.24) is 9.62 Å². The first-order valence-corrected chi connectivity index (χ1v) is 8.21. The normalized spacial score (nSPS) is 12.8. The van der Waals surface area contributed by atoms with Crippen LogP contribution in [0, 0.1) is 11.8 Å². The van der Waals surface area contributed by atoms with E-state index in [1.807, 2.05) is 25.9 Å². The molecule has 1 aromatic rings. The Kier molecular flexibility index (Phi) is 6.85. The number of sulfonamides is 1. The van der Waals surface area contributed by atoms with Crippen LogP contribution in [0.4, 0.5) is 0 Å². The van der Waals surface area contributed by atoms with E-state index in [0.717, 1.165) is 5.56 Å². The van der Waals surface area contributed by atoms with E-state index in [1.54, 1.807) is 12.1 Å². The van der Waals surface area contributed by atoms with Crippen LogP contribution in [0.25, 0.3) is 0 Å². The summed E-state index contributed by atoms with van der Waals surface area (Å²) in [4.78, 5) is 2.17. The van der Waals surface area contributed by atoms with Crippen LogP contribution in [0.5, 0.6) is 0 Å². The van der Waals surface area contributed by atoms with Crippen LogP contribution in [-0.4, -0.2) is 51.7 Å². The van der Waals surface area contributed by atoms with Crippen LogP contribution in [0.1, 0.15) is 18.9 Å². The van der Waals surface area contributed by atoms with E-state index in [9.17, 15) is 8.42 Å². The molecule has 0 bridgehead atoms. The van der Waals surface area contributed by atoms with E-state index in [2.05, 4.69) is 16.6 Å². The summed E-state index contributed by atoms with van der Waals surface area (Å²) in [6.45, 7) is 2.32. The monoisotopic (exact) mass is 310 g/mol. The Bertz CT molecular complexity index is 598. The Hall–Kier alpha value is -1.39. The van der Waals surface area contributed by atoms with Gasteiger partial charge in [-0.2, -0.15) is 0 Å². The highest BCUT2D eigenvalue weighted by Gasteiger charge is 2.15. The number of nitrogens with one attached hydrogen (secondary N) is 1. The average molecular weight is 310 g/mol. The minimum atomic E-state index is -3.50. The van der Waals surface area contributed by atoms with E-state index in [0.29, 0.717) is 13.0 Å².